The highest BCUT2D eigenvalue weighted by molar-refractivity contribution is 5.88. The van der Waals surface area contributed by atoms with Crippen LogP contribution in [-0.2, 0) is 11.3 Å². The number of carbonyl (C=O) groups excluding carboxylic acids is 1. The van der Waals surface area contributed by atoms with Gasteiger partial charge in [-0.25, -0.2) is 9.18 Å². The van der Waals surface area contributed by atoms with Gasteiger partial charge < -0.3 is 4.74 Å². The Morgan fingerprint density at radius 1 is 1.24 bits per heavy atom. The Kier molecular flexibility index (Phi) is 3.45. The number of hydrogen-bond donors (Lipinski definition) is 0. The van der Waals surface area contributed by atoms with Crippen molar-refractivity contribution in [3.63, 3.8) is 0 Å². The van der Waals surface area contributed by atoms with Crippen LogP contribution in [0.4, 0.5) is 4.39 Å². The van der Waals surface area contributed by atoms with E-state index < -0.39 is 5.97 Å². The van der Waals surface area contributed by atoms with E-state index in [0.29, 0.717) is 11.1 Å². The zero-order valence-electron chi connectivity index (χ0n) is 8.97. The van der Waals surface area contributed by atoms with Crippen LogP contribution in [0.5, 0.6) is 0 Å². The highest BCUT2D eigenvalue weighted by Crippen LogP contribution is 2.09. The van der Waals surface area contributed by atoms with E-state index in [9.17, 15) is 9.18 Å². The summed E-state index contributed by atoms with van der Waals surface area (Å²) < 4.78 is 18.2. The first-order valence-electron chi connectivity index (χ1n) is 5.08. The third-order valence-corrected chi connectivity index (χ3v) is 2.21. The van der Waals surface area contributed by atoms with E-state index in [0.717, 1.165) is 0 Å². The average molecular weight is 231 g/mol. The minimum Gasteiger partial charge on any atom is -0.457 e. The molecule has 1 aromatic carbocycles. The van der Waals surface area contributed by atoms with Crippen LogP contribution in [-0.4, -0.2) is 11.0 Å². The summed E-state index contributed by atoms with van der Waals surface area (Å²) in [5, 5.41) is 0. The molecule has 2 aromatic rings. The molecule has 1 aromatic heterocycles. The first-order chi connectivity index (χ1) is 8.27. The summed E-state index contributed by atoms with van der Waals surface area (Å²) in [5.41, 5.74) is 0.702. The van der Waals surface area contributed by atoms with Crippen molar-refractivity contribution in [3.05, 3.63) is 65.7 Å². The molecular weight excluding hydrogens is 221 g/mol. The number of hydrogen-bond acceptors (Lipinski definition) is 3. The molecule has 0 spiro atoms. The van der Waals surface area contributed by atoms with Gasteiger partial charge in [0.25, 0.3) is 0 Å². The van der Waals surface area contributed by atoms with E-state index >= 15 is 0 Å². The molecule has 0 saturated carbocycles. The largest absolute Gasteiger partial charge is 0.457 e. The summed E-state index contributed by atoms with van der Waals surface area (Å²) in [7, 11) is 0. The van der Waals surface area contributed by atoms with Gasteiger partial charge in [-0.15, -0.1) is 0 Å². The number of nitrogens with zero attached hydrogens (tertiary/aromatic N) is 1. The lowest BCUT2D eigenvalue weighted by atomic mass is 10.2. The number of ether oxygens (including phenoxy) is 1. The summed E-state index contributed by atoms with van der Waals surface area (Å²) >= 11 is 0. The van der Waals surface area contributed by atoms with Crippen molar-refractivity contribution < 1.29 is 13.9 Å². The number of benzene rings is 1. The molecular formula is C13H10FNO2. The Morgan fingerprint density at radius 2 is 2.06 bits per heavy atom. The second-order valence-corrected chi connectivity index (χ2v) is 3.41. The van der Waals surface area contributed by atoms with E-state index in [1.807, 2.05) is 0 Å². The molecule has 0 atom stereocenters. The highest BCUT2D eigenvalue weighted by Gasteiger charge is 2.08. The van der Waals surface area contributed by atoms with E-state index in [2.05, 4.69) is 4.98 Å². The Morgan fingerprint density at radius 3 is 2.76 bits per heavy atom. The molecule has 0 saturated heterocycles. The Hall–Kier alpha value is -2.23. The van der Waals surface area contributed by atoms with E-state index in [1.165, 1.54) is 12.3 Å². The molecule has 0 aliphatic carbocycles. The van der Waals surface area contributed by atoms with Crippen molar-refractivity contribution in [3.8, 4) is 0 Å². The normalized spacial score (nSPS) is 9.94. The fourth-order valence-corrected chi connectivity index (χ4v) is 1.33. The van der Waals surface area contributed by atoms with Gasteiger partial charge in [-0.2, -0.15) is 0 Å². The van der Waals surface area contributed by atoms with E-state index in [-0.39, 0.29) is 12.4 Å². The first-order valence-corrected chi connectivity index (χ1v) is 5.08. The van der Waals surface area contributed by atoms with Gasteiger partial charge in [-0.1, -0.05) is 18.2 Å². The van der Waals surface area contributed by atoms with Gasteiger partial charge >= 0.3 is 5.97 Å². The SMILES string of the molecule is O=C(OCc1ccccc1F)c1cccnc1. The molecule has 0 amide bonds. The third-order valence-electron chi connectivity index (χ3n) is 2.21. The van der Waals surface area contributed by atoms with Gasteiger partial charge in [0.2, 0.25) is 0 Å². The first kappa shape index (κ1) is 11.3. The van der Waals surface area contributed by atoms with Gasteiger partial charge in [-0.05, 0) is 18.2 Å². The fourth-order valence-electron chi connectivity index (χ4n) is 1.33. The number of pyridine rings is 1. The topological polar surface area (TPSA) is 39.2 Å². The average Bonchev–Trinajstić information content (AvgIpc) is 2.38. The van der Waals surface area contributed by atoms with Gasteiger partial charge in [0.05, 0.1) is 5.56 Å². The monoisotopic (exact) mass is 231 g/mol. The Bertz CT molecular complexity index is 514. The maximum atomic E-state index is 13.2. The van der Waals surface area contributed by atoms with Crippen LogP contribution in [0.25, 0.3) is 0 Å². The number of halogens is 1. The molecule has 0 unspecified atom stereocenters. The number of rotatable bonds is 3. The lowest BCUT2D eigenvalue weighted by Crippen LogP contribution is -2.06. The van der Waals surface area contributed by atoms with Crippen molar-refractivity contribution >= 4 is 5.97 Å². The second kappa shape index (κ2) is 5.21. The molecule has 86 valence electrons. The molecule has 0 aliphatic heterocycles. The zero-order valence-corrected chi connectivity index (χ0v) is 8.97. The van der Waals surface area contributed by atoms with Crippen molar-refractivity contribution in [2.45, 2.75) is 6.61 Å². The van der Waals surface area contributed by atoms with Gasteiger partial charge in [0, 0.05) is 18.0 Å². The second-order valence-electron chi connectivity index (χ2n) is 3.41. The molecule has 0 aliphatic rings. The molecule has 0 bridgehead atoms. The lowest BCUT2D eigenvalue weighted by Gasteiger charge is -2.05. The summed E-state index contributed by atoms with van der Waals surface area (Å²) in [4.78, 5) is 15.3. The predicted octanol–water partition coefficient (Wildman–Crippen LogP) is 2.58. The molecule has 1 heterocycles. The Balaban J connectivity index is 2.00. The lowest BCUT2D eigenvalue weighted by molar-refractivity contribution is 0.0468. The summed E-state index contributed by atoms with van der Waals surface area (Å²) in [6, 6.07) is 9.41. The van der Waals surface area contributed by atoms with Crippen LogP contribution in [0.15, 0.2) is 48.8 Å². The predicted molar refractivity (Wildman–Crippen MR) is 59.8 cm³/mol. The smallest absolute Gasteiger partial charge is 0.340 e. The van der Waals surface area contributed by atoms with Gasteiger partial charge in [0.1, 0.15) is 12.4 Å². The number of esters is 1. The summed E-state index contributed by atoms with van der Waals surface area (Å²) in [6.45, 7) is -0.0829. The van der Waals surface area contributed by atoms with Crippen LogP contribution in [0.3, 0.4) is 0 Å². The van der Waals surface area contributed by atoms with Crippen molar-refractivity contribution in [1.29, 1.82) is 0 Å². The molecule has 0 fully saturated rings. The molecule has 4 heteroatoms. The maximum absolute atomic E-state index is 13.2. The standard InChI is InChI=1S/C13H10FNO2/c14-12-6-2-1-4-11(12)9-17-13(16)10-5-3-7-15-8-10/h1-8H,9H2. The van der Waals surface area contributed by atoms with Crippen molar-refractivity contribution in [2.24, 2.45) is 0 Å². The molecule has 0 N–H and O–H groups in total. The highest BCUT2D eigenvalue weighted by atomic mass is 19.1. The fraction of sp³-hybridized carbons (Fsp3) is 0.0769. The van der Waals surface area contributed by atoms with Crippen molar-refractivity contribution in [2.75, 3.05) is 0 Å². The van der Waals surface area contributed by atoms with Crippen LogP contribution in [0.2, 0.25) is 0 Å². The van der Waals surface area contributed by atoms with E-state index in [4.69, 9.17) is 4.74 Å². The maximum Gasteiger partial charge on any atom is 0.340 e. The summed E-state index contributed by atoms with van der Waals surface area (Å²) in [5.74, 6) is -0.896. The van der Waals surface area contributed by atoms with Crippen LogP contribution >= 0.6 is 0 Å². The number of aromatic nitrogens is 1. The van der Waals surface area contributed by atoms with Gasteiger partial charge in [-0.3, -0.25) is 4.98 Å². The zero-order chi connectivity index (χ0) is 12.1. The quantitative estimate of drug-likeness (QED) is 0.762. The molecule has 3 nitrogen and oxygen atoms in total. The third kappa shape index (κ3) is 2.87. The summed E-state index contributed by atoms with van der Waals surface area (Å²) in [6.07, 6.45) is 2.97. The minimum absolute atomic E-state index is 0.0829. The molecule has 0 radical (unpaired) electrons. The molecule has 2 rings (SSSR count). The Labute approximate surface area is 97.9 Å². The van der Waals surface area contributed by atoms with Crippen LogP contribution in [0.1, 0.15) is 15.9 Å². The van der Waals surface area contributed by atoms with Crippen LogP contribution in [0, 0.1) is 5.82 Å². The number of carbonyl (C=O) groups is 1. The van der Waals surface area contributed by atoms with E-state index in [1.54, 1.807) is 36.5 Å². The van der Waals surface area contributed by atoms with Gasteiger partial charge in [0.15, 0.2) is 0 Å². The minimum atomic E-state index is -0.513. The van der Waals surface area contributed by atoms with Crippen LogP contribution < -0.4 is 0 Å². The van der Waals surface area contributed by atoms with Crippen molar-refractivity contribution in [1.82, 2.24) is 4.98 Å². The molecule has 17 heavy (non-hydrogen) atoms.